The lowest BCUT2D eigenvalue weighted by Crippen LogP contribution is -2.37. The molecule has 1 aromatic rings. The van der Waals surface area contributed by atoms with Crippen molar-refractivity contribution in [3.05, 3.63) is 24.3 Å². The fraction of sp³-hybridized carbons (Fsp3) is 0.588. The maximum atomic E-state index is 12.4. The highest BCUT2D eigenvalue weighted by Crippen LogP contribution is 2.30. The lowest BCUT2D eigenvalue weighted by Gasteiger charge is -2.29. The van der Waals surface area contributed by atoms with Gasteiger partial charge in [0.15, 0.2) is 0 Å². The first kappa shape index (κ1) is 18.7. The third-order valence-electron chi connectivity index (χ3n) is 4.39. The summed E-state index contributed by atoms with van der Waals surface area (Å²) in [6, 6.07) is 6.31. The Morgan fingerprint density at radius 2 is 1.88 bits per heavy atom. The molecule has 134 valence electrons. The first-order chi connectivity index (χ1) is 11.5. The zero-order valence-corrected chi connectivity index (χ0v) is 15.0. The average molecular weight is 355 g/mol. The van der Waals surface area contributed by atoms with Crippen LogP contribution < -0.4 is 9.46 Å². The molecule has 0 saturated heterocycles. The molecule has 0 spiro atoms. The van der Waals surface area contributed by atoms with E-state index in [1.165, 1.54) is 19.2 Å². The van der Waals surface area contributed by atoms with Gasteiger partial charge in [0.25, 0.3) is 0 Å². The highest BCUT2D eigenvalue weighted by molar-refractivity contribution is 7.89. The molecule has 0 aromatic heterocycles. The van der Waals surface area contributed by atoms with Gasteiger partial charge in [-0.15, -0.1) is 0 Å². The van der Waals surface area contributed by atoms with Gasteiger partial charge in [0.2, 0.25) is 10.0 Å². The van der Waals surface area contributed by atoms with Gasteiger partial charge in [-0.05, 0) is 49.9 Å². The smallest absolute Gasteiger partial charge is 0.308 e. The minimum atomic E-state index is -3.60. The van der Waals surface area contributed by atoms with Gasteiger partial charge in [0, 0.05) is 6.54 Å². The van der Waals surface area contributed by atoms with Gasteiger partial charge in [-0.1, -0.05) is 12.8 Å². The van der Waals surface area contributed by atoms with E-state index in [9.17, 15) is 13.2 Å². The molecule has 2 unspecified atom stereocenters. The monoisotopic (exact) mass is 355 g/mol. The van der Waals surface area contributed by atoms with Gasteiger partial charge in [0.05, 0.1) is 24.5 Å². The zero-order valence-electron chi connectivity index (χ0n) is 14.2. The second kappa shape index (κ2) is 8.48. The maximum absolute atomic E-state index is 12.4. The maximum Gasteiger partial charge on any atom is 0.308 e. The number of methoxy groups -OCH3 is 1. The van der Waals surface area contributed by atoms with Crippen molar-refractivity contribution in [3.63, 3.8) is 0 Å². The average Bonchev–Trinajstić information content (AvgIpc) is 2.60. The molecule has 1 aromatic carbocycles. The lowest BCUT2D eigenvalue weighted by atomic mass is 9.79. The minimum Gasteiger partial charge on any atom is -0.494 e. The fourth-order valence-corrected chi connectivity index (χ4v) is 4.19. The van der Waals surface area contributed by atoms with E-state index in [0.29, 0.717) is 12.4 Å². The molecule has 0 amide bonds. The van der Waals surface area contributed by atoms with Crippen molar-refractivity contribution < 1.29 is 22.7 Å². The quantitative estimate of drug-likeness (QED) is 0.759. The molecule has 7 heteroatoms. The van der Waals surface area contributed by atoms with Crippen molar-refractivity contribution in [3.8, 4) is 5.75 Å². The number of carbonyl (C=O) groups is 1. The number of rotatable bonds is 7. The van der Waals surface area contributed by atoms with Crippen LogP contribution in [0.3, 0.4) is 0 Å². The summed E-state index contributed by atoms with van der Waals surface area (Å²) in [5.41, 5.74) is 0. The molecular weight excluding hydrogens is 330 g/mol. The van der Waals surface area contributed by atoms with E-state index >= 15 is 0 Å². The third-order valence-corrected chi connectivity index (χ3v) is 5.83. The van der Waals surface area contributed by atoms with Crippen LogP contribution in [0.2, 0.25) is 0 Å². The summed E-state index contributed by atoms with van der Waals surface area (Å²) < 4.78 is 37.6. The Kier molecular flexibility index (Phi) is 6.62. The van der Waals surface area contributed by atoms with Crippen LogP contribution in [0.4, 0.5) is 0 Å². The molecule has 1 N–H and O–H groups in total. The van der Waals surface area contributed by atoms with E-state index in [0.717, 1.165) is 25.7 Å². The molecule has 0 radical (unpaired) electrons. The Labute approximate surface area is 143 Å². The Morgan fingerprint density at radius 3 is 2.50 bits per heavy atom. The molecule has 24 heavy (non-hydrogen) atoms. The highest BCUT2D eigenvalue weighted by Gasteiger charge is 2.32. The number of hydrogen-bond donors (Lipinski definition) is 1. The van der Waals surface area contributed by atoms with Gasteiger partial charge in [-0.2, -0.15) is 0 Å². The van der Waals surface area contributed by atoms with Crippen LogP contribution >= 0.6 is 0 Å². The predicted molar refractivity (Wildman–Crippen MR) is 90.3 cm³/mol. The summed E-state index contributed by atoms with van der Waals surface area (Å²) in [6.45, 7) is 2.64. The Hall–Kier alpha value is -1.60. The summed E-state index contributed by atoms with van der Waals surface area (Å²) in [6.07, 6.45) is 3.55. The normalized spacial score (nSPS) is 21.2. The molecule has 6 nitrogen and oxygen atoms in total. The molecule has 2 atom stereocenters. The summed E-state index contributed by atoms with van der Waals surface area (Å²) in [7, 11) is -2.23. The van der Waals surface area contributed by atoms with Crippen LogP contribution in [0.5, 0.6) is 5.75 Å². The molecule has 1 saturated carbocycles. The van der Waals surface area contributed by atoms with E-state index in [4.69, 9.17) is 9.47 Å². The van der Waals surface area contributed by atoms with Crippen LogP contribution in [-0.4, -0.2) is 34.6 Å². The number of nitrogens with one attached hydrogen (secondary N) is 1. The molecule has 0 aliphatic heterocycles. The number of ether oxygens (including phenoxy) is 2. The van der Waals surface area contributed by atoms with Crippen molar-refractivity contribution in [1.82, 2.24) is 4.72 Å². The number of esters is 1. The van der Waals surface area contributed by atoms with Gasteiger partial charge < -0.3 is 9.47 Å². The van der Waals surface area contributed by atoms with Crippen molar-refractivity contribution >= 4 is 16.0 Å². The van der Waals surface area contributed by atoms with Crippen molar-refractivity contribution in [2.24, 2.45) is 11.8 Å². The van der Waals surface area contributed by atoms with E-state index in [1.807, 2.05) is 6.92 Å². The van der Waals surface area contributed by atoms with Crippen LogP contribution in [0.25, 0.3) is 0 Å². The van der Waals surface area contributed by atoms with Crippen LogP contribution in [-0.2, 0) is 19.6 Å². The predicted octanol–water partition coefficient (Wildman–Crippen LogP) is 2.34. The first-order valence-electron chi connectivity index (χ1n) is 8.28. The van der Waals surface area contributed by atoms with Gasteiger partial charge >= 0.3 is 5.97 Å². The molecule has 1 fully saturated rings. The largest absolute Gasteiger partial charge is 0.494 e. The number of benzene rings is 1. The Balaban J connectivity index is 2.01. The molecule has 1 aliphatic carbocycles. The lowest BCUT2D eigenvalue weighted by molar-refractivity contribution is -0.148. The van der Waals surface area contributed by atoms with Crippen molar-refractivity contribution in [2.75, 3.05) is 20.3 Å². The molecule has 2 rings (SSSR count). The Bertz CT molecular complexity index is 641. The standard InChI is InChI=1S/C17H25NO5S/c1-3-23-14-8-10-15(11-9-14)24(20,21)18-12-13-6-4-5-7-16(13)17(19)22-2/h8-11,13,16,18H,3-7,12H2,1-2H3. The summed E-state index contributed by atoms with van der Waals surface area (Å²) in [5, 5.41) is 0. The second-order valence-electron chi connectivity index (χ2n) is 5.93. The van der Waals surface area contributed by atoms with Crippen LogP contribution in [0.1, 0.15) is 32.6 Å². The topological polar surface area (TPSA) is 81.7 Å². The van der Waals surface area contributed by atoms with Crippen LogP contribution in [0, 0.1) is 11.8 Å². The van der Waals surface area contributed by atoms with Gasteiger partial charge in [-0.3, -0.25) is 4.79 Å². The Morgan fingerprint density at radius 1 is 1.21 bits per heavy atom. The second-order valence-corrected chi connectivity index (χ2v) is 7.70. The molecular formula is C17H25NO5S. The summed E-state index contributed by atoms with van der Waals surface area (Å²) in [4.78, 5) is 12.0. The molecule has 0 heterocycles. The van der Waals surface area contributed by atoms with Crippen LogP contribution in [0.15, 0.2) is 29.2 Å². The van der Waals surface area contributed by atoms with Crippen molar-refractivity contribution in [1.29, 1.82) is 0 Å². The van der Waals surface area contributed by atoms with E-state index < -0.39 is 10.0 Å². The zero-order chi connectivity index (χ0) is 17.6. The fourth-order valence-electron chi connectivity index (χ4n) is 3.10. The SMILES string of the molecule is CCOc1ccc(S(=O)(=O)NCC2CCCCC2C(=O)OC)cc1. The highest BCUT2D eigenvalue weighted by atomic mass is 32.2. The summed E-state index contributed by atoms with van der Waals surface area (Å²) in [5.74, 6) is 0.130. The van der Waals surface area contributed by atoms with Crippen molar-refractivity contribution in [2.45, 2.75) is 37.5 Å². The van der Waals surface area contributed by atoms with E-state index in [-0.39, 0.29) is 29.2 Å². The summed E-state index contributed by atoms with van der Waals surface area (Å²) >= 11 is 0. The van der Waals surface area contributed by atoms with E-state index in [1.54, 1.807) is 12.1 Å². The molecule has 0 bridgehead atoms. The number of carbonyl (C=O) groups excluding carboxylic acids is 1. The molecule has 1 aliphatic rings. The number of sulfonamides is 1. The minimum absolute atomic E-state index is 0.0244. The van der Waals surface area contributed by atoms with Gasteiger partial charge in [0.1, 0.15) is 5.75 Å². The van der Waals surface area contributed by atoms with Gasteiger partial charge in [-0.25, -0.2) is 13.1 Å². The van der Waals surface area contributed by atoms with E-state index in [2.05, 4.69) is 4.72 Å². The first-order valence-corrected chi connectivity index (χ1v) is 9.76. The number of hydrogen-bond acceptors (Lipinski definition) is 5. The third kappa shape index (κ3) is 4.70.